The van der Waals surface area contributed by atoms with E-state index in [0.29, 0.717) is 5.75 Å². The number of benzene rings is 2. The average Bonchev–Trinajstić information content (AvgIpc) is 3.40. The zero-order chi connectivity index (χ0) is 32.9. The molecule has 14 heteroatoms. The Labute approximate surface area is 264 Å². The number of aromatic nitrogens is 1. The average molecular weight is 639 g/mol. The summed E-state index contributed by atoms with van der Waals surface area (Å²) >= 11 is 1.41. The van der Waals surface area contributed by atoms with Gasteiger partial charge in [0.2, 0.25) is 29.5 Å². The van der Waals surface area contributed by atoms with E-state index in [1.165, 1.54) is 18.7 Å². The molecule has 0 aliphatic rings. The van der Waals surface area contributed by atoms with Gasteiger partial charge in [0, 0.05) is 36.9 Å². The van der Waals surface area contributed by atoms with Gasteiger partial charge in [0.1, 0.15) is 24.2 Å². The number of aromatic amines is 1. The van der Waals surface area contributed by atoms with E-state index in [4.69, 9.17) is 5.73 Å². The molecule has 4 atom stereocenters. The van der Waals surface area contributed by atoms with E-state index >= 15 is 0 Å². The minimum atomic E-state index is -1.57. The highest BCUT2D eigenvalue weighted by Gasteiger charge is 2.32. The largest absolute Gasteiger partial charge is 0.481 e. The van der Waals surface area contributed by atoms with Gasteiger partial charge in [-0.25, -0.2) is 0 Å². The standard InChI is InChI=1S/C31H38N6O7S/c1-18(38)34-25(14-19-8-4-3-5-9-19)30(43)37-26(16-27(39)40)31(44)35-23(12-13-45-2)29(42)36-24(28(32)41)15-20-17-33-22-11-7-6-10-21(20)22/h3-11,17,23-26,33H,12-16H2,1-2H3,(H2,32,41)(H,34,38)(H,35,44)(H,36,42)(H,37,43)(H,39,40)/t23-,24-,25-,26-/m1/s1. The first-order valence-corrected chi connectivity index (χ1v) is 15.6. The summed E-state index contributed by atoms with van der Waals surface area (Å²) in [6, 6.07) is 11.4. The van der Waals surface area contributed by atoms with Crippen LogP contribution in [0.15, 0.2) is 60.8 Å². The number of carbonyl (C=O) groups is 6. The molecule has 0 fully saturated rings. The molecule has 13 nitrogen and oxygen atoms in total. The van der Waals surface area contributed by atoms with Crippen molar-refractivity contribution in [2.75, 3.05) is 12.0 Å². The Morgan fingerprint density at radius 3 is 2.04 bits per heavy atom. The molecule has 8 N–H and O–H groups in total. The second-order valence-electron chi connectivity index (χ2n) is 10.5. The van der Waals surface area contributed by atoms with E-state index in [1.807, 2.05) is 30.5 Å². The number of thioether (sulfide) groups is 1. The number of primary amides is 1. The van der Waals surface area contributed by atoms with Crippen LogP contribution in [-0.2, 0) is 41.6 Å². The van der Waals surface area contributed by atoms with Gasteiger partial charge in [-0.2, -0.15) is 11.8 Å². The minimum absolute atomic E-state index is 0.0946. The SMILES string of the molecule is CSCC[C@@H](NC(=O)[C@@H](CC(=O)O)NC(=O)[C@@H](Cc1ccccc1)NC(C)=O)C(=O)N[C@H](Cc1c[nH]c2ccccc12)C(N)=O. The third-order valence-corrected chi connectivity index (χ3v) is 7.63. The van der Waals surface area contributed by atoms with Crippen LogP contribution >= 0.6 is 11.8 Å². The molecule has 0 spiro atoms. The van der Waals surface area contributed by atoms with Gasteiger partial charge >= 0.3 is 5.97 Å². The van der Waals surface area contributed by atoms with Crippen LogP contribution in [0.2, 0.25) is 0 Å². The molecule has 0 saturated heterocycles. The van der Waals surface area contributed by atoms with Crippen molar-refractivity contribution in [1.82, 2.24) is 26.3 Å². The molecule has 5 amide bonds. The first-order chi connectivity index (χ1) is 21.5. The monoisotopic (exact) mass is 638 g/mol. The fraction of sp³-hybridized carbons (Fsp3) is 0.355. The molecule has 0 unspecified atom stereocenters. The lowest BCUT2D eigenvalue weighted by atomic mass is 10.0. The summed E-state index contributed by atoms with van der Waals surface area (Å²) in [4.78, 5) is 78.9. The molecule has 0 saturated carbocycles. The summed E-state index contributed by atoms with van der Waals surface area (Å²) in [5.41, 5.74) is 7.96. The maximum Gasteiger partial charge on any atom is 0.305 e. The number of nitrogens with two attached hydrogens (primary N) is 1. The summed E-state index contributed by atoms with van der Waals surface area (Å²) in [6.07, 6.45) is 3.09. The third-order valence-electron chi connectivity index (χ3n) is 6.99. The second kappa shape index (κ2) is 16.9. The predicted molar refractivity (Wildman–Crippen MR) is 170 cm³/mol. The third kappa shape index (κ3) is 10.7. The molecule has 3 aromatic rings. The summed E-state index contributed by atoms with van der Waals surface area (Å²) in [5, 5.41) is 20.5. The van der Waals surface area contributed by atoms with Gasteiger partial charge in [0.05, 0.1) is 6.42 Å². The predicted octanol–water partition coefficient (Wildman–Crippen LogP) is 0.625. The molecule has 3 rings (SSSR count). The zero-order valence-corrected chi connectivity index (χ0v) is 25.8. The van der Waals surface area contributed by atoms with Gasteiger partial charge in [-0.05, 0) is 35.6 Å². The number of carboxylic acid groups (broad SMARTS) is 1. The molecule has 2 aromatic carbocycles. The Bertz CT molecular complexity index is 1510. The Morgan fingerprint density at radius 1 is 0.800 bits per heavy atom. The number of aliphatic carboxylic acids is 1. The Balaban J connectivity index is 1.75. The number of carboxylic acids is 1. The van der Waals surface area contributed by atoms with Crippen molar-refractivity contribution in [3.63, 3.8) is 0 Å². The lowest BCUT2D eigenvalue weighted by Crippen LogP contribution is -2.58. The highest BCUT2D eigenvalue weighted by molar-refractivity contribution is 7.98. The number of fused-ring (bicyclic) bond motifs is 1. The van der Waals surface area contributed by atoms with E-state index in [1.54, 1.807) is 36.5 Å². The number of para-hydroxylation sites is 1. The lowest BCUT2D eigenvalue weighted by Gasteiger charge is -2.25. The molecule has 0 aliphatic carbocycles. The molecular weight excluding hydrogens is 600 g/mol. The summed E-state index contributed by atoms with van der Waals surface area (Å²) in [7, 11) is 0. The summed E-state index contributed by atoms with van der Waals surface area (Å²) in [5.74, 6) is -4.57. The number of carbonyl (C=O) groups excluding carboxylic acids is 5. The van der Waals surface area contributed by atoms with Crippen molar-refractivity contribution in [2.45, 2.75) is 56.8 Å². The van der Waals surface area contributed by atoms with Crippen LogP contribution in [0.3, 0.4) is 0 Å². The Kier molecular flexibility index (Phi) is 13.0. The molecule has 240 valence electrons. The van der Waals surface area contributed by atoms with Gasteiger partial charge < -0.3 is 37.1 Å². The van der Waals surface area contributed by atoms with E-state index in [9.17, 15) is 33.9 Å². The molecule has 0 aliphatic heterocycles. The molecule has 1 aromatic heterocycles. The molecule has 0 radical (unpaired) electrons. The number of nitrogens with one attached hydrogen (secondary N) is 5. The number of hydrogen-bond acceptors (Lipinski definition) is 7. The zero-order valence-electron chi connectivity index (χ0n) is 25.0. The number of amides is 5. The van der Waals surface area contributed by atoms with Crippen molar-refractivity contribution < 1.29 is 33.9 Å². The van der Waals surface area contributed by atoms with Crippen molar-refractivity contribution in [3.8, 4) is 0 Å². The fourth-order valence-electron chi connectivity index (χ4n) is 4.75. The molecule has 1 heterocycles. The van der Waals surface area contributed by atoms with E-state index < -0.39 is 66.1 Å². The second-order valence-corrected chi connectivity index (χ2v) is 11.5. The van der Waals surface area contributed by atoms with Gasteiger partial charge in [-0.3, -0.25) is 28.8 Å². The number of hydrogen-bond donors (Lipinski definition) is 7. The highest BCUT2D eigenvalue weighted by Crippen LogP contribution is 2.19. The Morgan fingerprint density at radius 2 is 1.40 bits per heavy atom. The van der Waals surface area contributed by atoms with Gasteiger partial charge in [0.15, 0.2) is 0 Å². The lowest BCUT2D eigenvalue weighted by molar-refractivity contribution is -0.141. The van der Waals surface area contributed by atoms with Crippen LogP contribution in [0.1, 0.15) is 30.9 Å². The molecule has 45 heavy (non-hydrogen) atoms. The first kappa shape index (κ1) is 34.6. The number of H-pyrrole nitrogens is 1. The van der Waals surface area contributed by atoms with Gasteiger partial charge in [0.25, 0.3) is 0 Å². The first-order valence-electron chi connectivity index (χ1n) is 14.3. The fourth-order valence-corrected chi connectivity index (χ4v) is 5.22. The van der Waals surface area contributed by atoms with Crippen LogP contribution in [0.5, 0.6) is 0 Å². The highest BCUT2D eigenvalue weighted by atomic mass is 32.2. The van der Waals surface area contributed by atoms with Crippen LogP contribution < -0.4 is 27.0 Å². The van der Waals surface area contributed by atoms with Crippen LogP contribution in [0, 0.1) is 0 Å². The van der Waals surface area contributed by atoms with Crippen molar-refractivity contribution in [2.24, 2.45) is 5.73 Å². The molecular formula is C31H38N6O7S. The van der Waals surface area contributed by atoms with Crippen molar-refractivity contribution in [3.05, 3.63) is 71.9 Å². The van der Waals surface area contributed by atoms with Gasteiger partial charge in [-0.1, -0.05) is 48.5 Å². The van der Waals surface area contributed by atoms with E-state index in [2.05, 4.69) is 26.3 Å². The van der Waals surface area contributed by atoms with Crippen molar-refractivity contribution >= 4 is 58.2 Å². The quantitative estimate of drug-likeness (QED) is 0.111. The minimum Gasteiger partial charge on any atom is -0.481 e. The summed E-state index contributed by atoms with van der Waals surface area (Å²) < 4.78 is 0. The smallest absolute Gasteiger partial charge is 0.305 e. The topological polar surface area (TPSA) is 213 Å². The maximum absolute atomic E-state index is 13.4. The van der Waals surface area contributed by atoms with E-state index in [-0.39, 0.29) is 19.3 Å². The van der Waals surface area contributed by atoms with Crippen LogP contribution in [0.4, 0.5) is 0 Å². The van der Waals surface area contributed by atoms with Crippen molar-refractivity contribution in [1.29, 1.82) is 0 Å². The molecule has 0 bridgehead atoms. The van der Waals surface area contributed by atoms with Crippen LogP contribution in [-0.4, -0.2) is 81.8 Å². The van der Waals surface area contributed by atoms with E-state index in [0.717, 1.165) is 22.0 Å². The Hall–Kier alpha value is -4.85. The van der Waals surface area contributed by atoms with Gasteiger partial charge in [-0.15, -0.1) is 0 Å². The summed E-state index contributed by atoms with van der Waals surface area (Å²) in [6.45, 7) is 1.24. The number of rotatable bonds is 17. The maximum atomic E-state index is 13.4. The van der Waals surface area contributed by atoms with Crippen LogP contribution in [0.25, 0.3) is 10.9 Å². The normalized spacial score (nSPS) is 13.6.